The molecule has 3 aromatic heterocycles. The average Bonchev–Trinajstić information content (AvgIpc) is 3.75. The number of rotatable bonds is 3. The van der Waals surface area contributed by atoms with Crippen molar-refractivity contribution in [2.24, 2.45) is 5.92 Å². The molecule has 202 valence electrons. The summed E-state index contributed by atoms with van der Waals surface area (Å²) in [7, 11) is 0. The fraction of sp³-hybridized carbons (Fsp3) is 0.552. The first-order valence-electron chi connectivity index (χ1n) is 14.2. The summed E-state index contributed by atoms with van der Waals surface area (Å²) in [5, 5.41) is 4.31. The van der Waals surface area contributed by atoms with E-state index >= 15 is 0 Å². The molecule has 1 amide bonds. The smallest absolute Gasteiger partial charge is 0.275 e. The van der Waals surface area contributed by atoms with E-state index in [1.54, 1.807) is 22.0 Å². The summed E-state index contributed by atoms with van der Waals surface area (Å²) in [5.74, 6) is 0.944. The number of amides is 1. The Balaban J connectivity index is 1.13. The summed E-state index contributed by atoms with van der Waals surface area (Å²) in [6.45, 7) is 3.31. The van der Waals surface area contributed by atoms with E-state index in [1.165, 1.54) is 16.8 Å². The van der Waals surface area contributed by atoms with Crippen LogP contribution in [0.5, 0.6) is 0 Å². The summed E-state index contributed by atoms with van der Waals surface area (Å²) in [5.41, 5.74) is 2.51. The van der Waals surface area contributed by atoms with Crippen molar-refractivity contribution >= 4 is 44.7 Å². The minimum absolute atomic E-state index is 0.0153. The standard InChI is InChI=1S/C29H31N5O4S/c1-15-8-20(28(37)34-24(15)21(35)11-29(34)6-2-3-7-29)32-25-23-19-5-4-16(9-22(19)39-26(23)31-14-30-25)27(36)33-12-18-10-17(33)13-38-18/h8,14,16-18H,2-7,9-13H2,1H3,(H,30,31,32)/t16-,17+,18+/m0/s1. The number of carbonyl (C=O) groups excluding carboxylic acids is 2. The highest BCUT2D eigenvalue weighted by molar-refractivity contribution is 7.19. The van der Waals surface area contributed by atoms with Gasteiger partial charge in [0.05, 0.1) is 35.4 Å². The predicted octanol–water partition coefficient (Wildman–Crippen LogP) is 3.87. The van der Waals surface area contributed by atoms with Crippen molar-refractivity contribution in [3.63, 3.8) is 0 Å². The Morgan fingerprint density at radius 3 is 2.85 bits per heavy atom. The van der Waals surface area contributed by atoms with Crippen molar-refractivity contribution in [2.45, 2.75) is 82.4 Å². The lowest BCUT2D eigenvalue weighted by Crippen LogP contribution is -2.45. The number of anilines is 2. The average molecular weight is 546 g/mol. The van der Waals surface area contributed by atoms with Crippen molar-refractivity contribution < 1.29 is 14.3 Å². The number of carbonyl (C=O) groups is 2. The number of aromatic nitrogens is 3. The van der Waals surface area contributed by atoms with Crippen LogP contribution in [0.4, 0.5) is 11.5 Å². The number of hydrogen-bond donors (Lipinski definition) is 1. The monoisotopic (exact) mass is 545 g/mol. The fourth-order valence-corrected chi connectivity index (χ4v) is 9.24. The van der Waals surface area contributed by atoms with E-state index in [2.05, 4.69) is 20.2 Å². The van der Waals surface area contributed by atoms with Gasteiger partial charge in [-0.1, -0.05) is 12.8 Å². The summed E-state index contributed by atoms with van der Waals surface area (Å²) in [4.78, 5) is 53.4. The second kappa shape index (κ2) is 8.44. The molecular weight excluding hydrogens is 514 g/mol. The topological polar surface area (TPSA) is 106 Å². The van der Waals surface area contributed by atoms with Gasteiger partial charge in [0, 0.05) is 23.8 Å². The summed E-state index contributed by atoms with van der Waals surface area (Å²) in [6.07, 6.45) is 9.26. The van der Waals surface area contributed by atoms with Crippen LogP contribution in [-0.2, 0) is 27.9 Å². The number of ketones is 1. The largest absolute Gasteiger partial charge is 0.374 e. The summed E-state index contributed by atoms with van der Waals surface area (Å²) in [6, 6.07) is 2.04. The maximum absolute atomic E-state index is 13.8. The minimum Gasteiger partial charge on any atom is -0.374 e. The Kier molecular flexibility index (Phi) is 5.14. The van der Waals surface area contributed by atoms with Crippen LogP contribution in [-0.4, -0.2) is 56.4 Å². The molecule has 0 radical (unpaired) electrons. The van der Waals surface area contributed by atoms with Crippen LogP contribution in [0, 0.1) is 12.8 Å². The lowest BCUT2D eigenvalue weighted by atomic mass is 9.86. The van der Waals surface area contributed by atoms with Gasteiger partial charge in [-0.2, -0.15) is 0 Å². The molecular formula is C29H31N5O4S. The first-order chi connectivity index (χ1) is 18.9. The van der Waals surface area contributed by atoms with Crippen LogP contribution in [0.1, 0.15) is 71.4 Å². The van der Waals surface area contributed by atoms with Crippen molar-refractivity contribution in [1.29, 1.82) is 0 Å². The Morgan fingerprint density at radius 2 is 2.08 bits per heavy atom. The van der Waals surface area contributed by atoms with Crippen LogP contribution in [0.3, 0.4) is 0 Å². The lowest BCUT2D eigenvalue weighted by Gasteiger charge is -2.32. The summed E-state index contributed by atoms with van der Waals surface area (Å²) >= 11 is 1.63. The minimum atomic E-state index is -0.378. The number of hydrogen-bond acceptors (Lipinski definition) is 8. The van der Waals surface area contributed by atoms with Gasteiger partial charge in [-0.05, 0) is 62.6 Å². The molecule has 39 heavy (non-hydrogen) atoms. The molecule has 1 spiro atoms. The number of ether oxygens (including phenoxy) is 1. The van der Waals surface area contributed by atoms with Crippen LogP contribution < -0.4 is 10.9 Å². The van der Waals surface area contributed by atoms with E-state index in [9.17, 15) is 14.4 Å². The second-order valence-electron chi connectivity index (χ2n) is 12.1. The number of thiophene rings is 1. The second-order valence-corrected chi connectivity index (χ2v) is 13.2. The number of aryl methyl sites for hydroxylation is 2. The first kappa shape index (κ1) is 23.7. The van der Waals surface area contributed by atoms with Crippen molar-refractivity contribution in [2.75, 3.05) is 18.5 Å². The number of fused-ring (bicyclic) bond motifs is 7. The molecule has 3 atom stereocenters. The Morgan fingerprint density at radius 1 is 1.23 bits per heavy atom. The molecule has 3 fully saturated rings. The number of morpholine rings is 1. The zero-order chi connectivity index (χ0) is 26.5. The first-order valence-corrected chi connectivity index (χ1v) is 15.0. The third-order valence-corrected chi connectivity index (χ3v) is 10.9. The third kappa shape index (κ3) is 3.43. The Hall–Kier alpha value is -3.11. The number of pyridine rings is 1. The predicted molar refractivity (Wildman–Crippen MR) is 147 cm³/mol. The van der Waals surface area contributed by atoms with Gasteiger partial charge in [-0.25, -0.2) is 9.97 Å². The quantitative estimate of drug-likeness (QED) is 0.533. The molecule has 1 saturated carbocycles. The third-order valence-electron chi connectivity index (χ3n) is 9.78. The summed E-state index contributed by atoms with van der Waals surface area (Å²) < 4.78 is 7.50. The number of nitrogens with zero attached hydrogens (tertiary/aromatic N) is 4. The fourth-order valence-electron chi connectivity index (χ4n) is 7.97. The number of Topliss-reactive ketones (excluding diaryl/α,β-unsaturated/α-hetero) is 1. The highest BCUT2D eigenvalue weighted by Gasteiger charge is 2.47. The van der Waals surface area contributed by atoms with Gasteiger partial charge in [0.2, 0.25) is 5.91 Å². The maximum Gasteiger partial charge on any atom is 0.275 e. The molecule has 8 rings (SSSR count). The number of likely N-dealkylation sites (tertiary alicyclic amines) is 1. The zero-order valence-electron chi connectivity index (χ0n) is 22.0. The lowest BCUT2D eigenvalue weighted by molar-refractivity contribution is -0.140. The number of nitrogens with one attached hydrogen (secondary N) is 1. The molecule has 10 heteroatoms. The van der Waals surface area contributed by atoms with E-state index in [0.717, 1.165) is 67.3 Å². The van der Waals surface area contributed by atoms with Gasteiger partial charge in [-0.15, -0.1) is 11.3 Å². The van der Waals surface area contributed by atoms with Crippen LogP contribution in [0.15, 0.2) is 17.2 Å². The molecule has 0 unspecified atom stereocenters. The van der Waals surface area contributed by atoms with E-state index in [4.69, 9.17) is 4.74 Å². The molecule has 2 saturated heterocycles. The molecule has 5 aliphatic rings. The molecule has 3 aliphatic heterocycles. The van der Waals surface area contributed by atoms with Gasteiger partial charge in [-0.3, -0.25) is 19.0 Å². The van der Waals surface area contributed by atoms with Gasteiger partial charge in [0.15, 0.2) is 5.78 Å². The van der Waals surface area contributed by atoms with E-state index in [0.29, 0.717) is 36.6 Å². The molecule has 2 bridgehead atoms. The molecule has 2 aliphatic carbocycles. The van der Waals surface area contributed by atoms with E-state index < -0.39 is 0 Å². The highest BCUT2D eigenvalue weighted by Crippen LogP contribution is 2.46. The van der Waals surface area contributed by atoms with Gasteiger partial charge in [0.25, 0.3) is 5.56 Å². The van der Waals surface area contributed by atoms with Crippen LogP contribution >= 0.6 is 11.3 Å². The maximum atomic E-state index is 13.8. The molecule has 6 heterocycles. The molecule has 1 N–H and O–H groups in total. The van der Waals surface area contributed by atoms with E-state index in [-0.39, 0.29) is 40.9 Å². The van der Waals surface area contributed by atoms with Crippen molar-refractivity contribution in [3.8, 4) is 0 Å². The Labute approximate surface area is 229 Å². The van der Waals surface area contributed by atoms with Crippen LogP contribution in [0.2, 0.25) is 0 Å². The van der Waals surface area contributed by atoms with Crippen molar-refractivity contribution in [1.82, 2.24) is 19.4 Å². The Bertz CT molecular complexity index is 1620. The zero-order valence-corrected chi connectivity index (χ0v) is 22.8. The SMILES string of the molecule is Cc1cc(Nc2ncnc3sc4c(c23)CC[C@H](C(=O)N2C[C@H]3C[C@@H]2CO3)C4)c(=O)n2c1C(=O)CC21CCCC1. The van der Waals surface area contributed by atoms with Crippen LogP contribution in [0.25, 0.3) is 10.2 Å². The van der Waals surface area contributed by atoms with Gasteiger partial charge >= 0.3 is 0 Å². The molecule has 9 nitrogen and oxygen atoms in total. The molecule has 3 aromatic rings. The van der Waals surface area contributed by atoms with Crippen molar-refractivity contribution in [3.05, 3.63) is 44.4 Å². The highest BCUT2D eigenvalue weighted by atomic mass is 32.1. The van der Waals surface area contributed by atoms with Gasteiger partial charge in [0.1, 0.15) is 22.7 Å². The van der Waals surface area contributed by atoms with Gasteiger partial charge < -0.3 is 15.0 Å². The van der Waals surface area contributed by atoms with E-state index in [1.807, 2.05) is 6.92 Å². The normalized spacial score (nSPS) is 26.5. The molecule has 0 aromatic carbocycles.